The van der Waals surface area contributed by atoms with Crippen LogP contribution in [0.15, 0.2) is 53.4 Å². The highest BCUT2D eigenvalue weighted by atomic mass is 35.5. The highest BCUT2D eigenvalue weighted by Crippen LogP contribution is 2.25. The zero-order valence-corrected chi connectivity index (χ0v) is 18.3. The Hall–Kier alpha value is -2.33. The first-order valence-electron chi connectivity index (χ1n) is 8.59. The number of sulfonamides is 1. The van der Waals surface area contributed by atoms with Crippen molar-refractivity contribution in [2.24, 2.45) is 0 Å². The van der Waals surface area contributed by atoms with Gasteiger partial charge >= 0.3 is 0 Å². The molecule has 29 heavy (non-hydrogen) atoms. The molecule has 0 saturated carbocycles. The molecule has 7 nitrogen and oxygen atoms in total. The Bertz CT molecular complexity index is 1140. The fourth-order valence-electron chi connectivity index (χ4n) is 2.46. The second-order valence-electron chi connectivity index (χ2n) is 7.24. The van der Waals surface area contributed by atoms with Crippen LogP contribution in [0.3, 0.4) is 0 Å². The second kappa shape index (κ2) is 8.19. The Labute approximate surface area is 178 Å². The van der Waals surface area contributed by atoms with Gasteiger partial charge in [0.25, 0.3) is 5.91 Å². The van der Waals surface area contributed by atoms with E-state index < -0.39 is 21.5 Å². The fourth-order valence-corrected chi connectivity index (χ4v) is 4.99. The zero-order valence-electron chi connectivity index (χ0n) is 15.9. The van der Waals surface area contributed by atoms with Gasteiger partial charge in [-0.15, -0.1) is 0 Å². The van der Waals surface area contributed by atoms with Crippen molar-refractivity contribution in [3.05, 3.63) is 59.1 Å². The average molecular weight is 451 g/mol. The van der Waals surface area contributed by atoms with E-state index >= 15 is 0 Å². The first-order valence-corrected chi connectivity index (χ1v) is 11.2. The maximum absolute atomic E-state index is 12.6. The number of amides is 1. The standard InChI is InChI=1S/C19H19ClN4O3S2/c1-19(2,3)24-29(26,27)15-11-13(9-10-14(15)20)17(25)22-18-21-16(23-28-18)12-7-5-4-6-8-12/h4-11,24H,1-3H3,(H,21,22,23,25). The lowest BCUT2D eigenvalue weighted by atomic mass is 10.1. The highest BCUT2D eigenvalue weighted by Gasteiger charge is 2.25. The molecule has 1 heterocycles. The molecule has 10 heteroatoms. The van der Waals surface area contributed by atoms with Crippen molar-refractivity contribution in [3.8, 4) is 11.4 Å². The number of carbonyl (C=O) groups is 1. The van der Waals surface area contributed by atoms with Gasteiger partial charge in [0.15, 0.2) is 5.82 Å². The molecule has 1 aromatic heterocycles. The molecular weight excluding hydrogens is 432 g/mol. The molecule has 0 spiro atoms. The number of benzene rings is 2. The van der Waals surface area contributed by atoms with Crippen LogP contribution in [0.2, 0.25) is 5.02 Å². The summed E-state index contributed by atoms with van der Waals surface area (Å²) in [5.41, 5.74) is 0.276. The summed E-state index contributed by atoms with van der Waals surface area (Å²) in [6.45, 7) is 5.15. The van der Waals surface area contributed by atoms with E-state index in [4.69, 9.17) is 11.6 Å². The molecule has 0 aliphatic carbocycles. The summed E-state index contributed by atoms with van der Waals surface area (Å²) < 4.78 is 32.0. The van der Waals surface area contributed by atoms with E-state index in [0.717, 1.165) is 17.1 Å². The first-order chi connectivity index (χ1) is 13.5. The zero-order chi connectivity index (χ0) is 21.2. The van der Waals surface area contributed by atoms with Crippen molar-refractivity contribution < 1.29 is 13.2 Å². The van der Waals surface area contributed by atoms with Crippen LogP contribution < -0.4 is 10.0 Å². The average Bonchev–Trinajstić information content (AvgIpc) is 3.09. The van der Waals surface area contributed by atoms with Gasteiger partial charge in [-0.1, -0.05) is 41.9 Å². The van der Waals surface area contributed by atoms with Crippen molar-refractivity contribution in [2.45, 2.75) is 31.2 Å². The first kappa shape index (κ1) is 21.4. The molecule has 0 aliphatic heterocycles. The summed E-state index contributed by atoms with van der Waals surface area (Å²) in [4.78, 5) is 16.7. The third-order valence-corrected chi connectivity index (χ3v) is 6.47. The Morgan fingerprint density at radius 1 is 1.10 bits per heavy atom. The van der Waals surface area contributed by atoms with E-state index in [1.54, 1.807) is 20.8 Å². The third-order valence-electron chi connectivity index (χ3n) is 3.60. The Balaban J connectivity index is 1.83. The van der Waals surface area contributed by atoms with Crippen LogP contribution >= 0.6 is 23.1 Å². The molecule has 3 aromatic rings. The molecule has 2 N–H and O–H groups in total. The van der Waals surface area contributed by atoms with Gasteiger partial charge in [-0.05, 0) is 39.0 Å². The number of carbonyl (C=O) groups excluding carboxylic acids is 1. The monoisotopic (exact) mass is 450 g/mol. The van der Waals surface area contributed by atoms with E-state index in [1.807, 2.05) is 30.3 Å². The molecule has 0 aliphatic rings. The minimum Gasteiger partial charge on any atom is -0.297 e. The smallest absolute Gasteiger partial charge is 0.257 e. The highest BCUT2D eigenvalue weighted by molar-refractivity contribution is 7.89. The number of aromatic nitrogens is 2. The number of hydrogen-bond donors (Lipinski definition) is 2. The Kier molecular flexibility index (Phi) is 6.04. The van der Waals surface area contributed by atoms with Gasteiger partial charge in [-0.25, -0.2) is 13.1 Å². The second-order valence-corrected chi connectivity index (χ2v) is 10.1. The van der Waals surface area contributed by atoms with Crippen molar-refractivity contribution in [2.75, 3.05) is 5.32 Å². The quantitative estimate of drug-likeness (QED) is 0.607. The molecular formula is C19H19ClN4O3S2. The van der Waals surface area contributed by atoms with E-state index in [0.29, 0.717) is 11.0 Å². The minimum atomic E-state index is -3.90. The van der Waals surface area contributed by atoms with Gasteiger partial charge in [0.2, 0.25) is 15.2 Å². The van der Waals surface area contributed by atoms with Crippen LogP contribution in [0.25, 0.3) is 11.4 Å². The number of anilines is 1. The normalized spacial score (nSPS) is 12.0. The Morgan fingerprint density at radius 2 is 1.79 bits per heavy atom. The van der Waals surface area contributed by atoms with Crippen LogP contribution in [0, 0.1) is 0 Å². The van der Waals surface area contributed by atoms with Crippen molar-refractivity contribution in [3.63, 3.8) is 0 Å². The van der Waals surface area contributed by atoms with E-state index in [9.17, 15) is 13.2 Å². The van der Waals surface area contributed by atoms with Crippen LogP contribution in [-0.2, 0) is 10.0 Å². The van der Waals surface area contributed by atoms with Gasteiger partial charge in [-0.3, -0.25) is 10.1 Å². The topological polar surface area (TPSA) is 101 Å². The van der Waals surface area contributed by atoms with Gasteiger partial charge in [0.05, 0.1) is 5.02 Å². The van der Waals surface area contributed by atoms with E-state index in [1.165, 1.54) is 18.2 Å². The lowest BCUT2D eigenvalue weighted by Crippen LogP contribution is -2.40. The van der Waals surface area contributed by atoms with Crippen LogP contribution in [0.4, 0.5) is 5.13 Å². The summed E-state index contributed by atoms with van der Waals surface area (Å²) in [6.07, 6.45) is 0. The number of halogens is 1. The van der Waals surface area contributed by atoms with E-state index in [2.05, 4.69) is 19.4 Å². The van der Waals surface area contributed by atoms with Crippen molar-refractivity contribution in [1.82, 2.24) is 14.1 Å². The number of hydrogen-bond acceptors (Lipinski definition) is 6. The predicted molar refractivity (Wildman–Crippen MR) is 115 cm³/mol. The molecule has 152 valence electrons. The third kappa shape index (κ3) is 5.39. The van der Waals surface area contributed by atoms with Crippen molar-refractivity contribution >= 4 is 44.2 Å². The molecule has 0 unspecified atom stereocenters. The maximum Gasteiger partial charge on any atom is 0.257 e. The molecule has 3 rings (SSSR count). The Morgan fingerprint density at radius 3 is 2.45 bits per heavy atom. The molecule has 0 bridgehead atoms. The SMILES string of the molecule is CC(C)(C)NS(=O)(=O)c1cc(C(=O)Nc2nc(-c3ccccc3)ns2)ccc1Cl. The summed E-state index contributed by atoms with van der Waals surface area (Å²) in [6, 6.07) is 13.4. The molecule has 0 radical (unpaired) electrons. The number of nitrogens with zero attached hydrogens (tertiary/aromatic N) is 2. The van der Waals surface area contributed by atoms with Gasteiger partial charge in [0.1, 0.15) is 4.90 Å². The maximum atomic E-state index is 12.6. The lowest BCUT2D eigenvalue weighted by Gasteiger charge is -2.21. The summed E-state index contributed by atoms with van der Waals surface area (Å²) >= 11 is 7.11. The van der Waals surface area contributed by atoms with Crippen LogP contribution in [-0.4, -0.2) is 29.2 Å². The molecule has 0 fully saturated rings. The summed E-state index contributed by atoms with van der Waals surface area (Å²) in [7, 11) is -3.90. The molecule has 0 atom stereocenters. The van der Waals surface area contributed by atoms with Gasteiger partial charge < -0.3 is 0 Å². The molecule has 0 saturated heterocycles. The predicted octanol–water partition coefficient (Wildman–Crippen LogP) is 4.19. The van der Waals surface area contributed by atoms with Gasteiger partial charge in [0, 0.05) is 28.2 Å². The molecule has 1 amide bonds. The molecule has 2 aromatic carbocycles. The number of nitrogens with one attached hydrogen (secondary N) is 2. The fraction of sp³-hybridized carbons (Fsp3) is 0.211. The van der Waals surface area contributed by atoms with Crippen LogP contribution in [0.1, 0.15) is 31.1 Å². The van der Waals surface area contributed by atoms with Crippen molar-refractivity contribution in [1.29, 1.82) is 0 Å². The van der Waals surface area contributed by atoms with Crippen LogP contribution in [0.5, 0.6) is 0 Å². The number of rotatable bonds is 5. The summed E-state index contributed by atoms with van der Waals surface area (Å²) in [5, 5.41) is 2.98. The lowest BCUT2D eigenvalue weighted by molar-refractivity contribution is 0.102. The van der Waals surface area contributed by atoms with Gasteiger partial charge in [-0.2, -0.15) is 9.36 Å². The van der Waals surface area contributed by atoms with E-state index in [-0.39, 0.29) is 15.5 Å². The largest absolute Gasteiger partial charge is 0.297 e. The summed E-state index contributed by atoms with van der Waals surface area (Å²) in [5.74, 6) is -0.00992. The minimum absolute atomic E-state index is 0.0283.